The second-order valence-electron chi connectivity index (χ2n) is 3.60. The molecule has 0 saturated carbocycles. The van der Waals surface area contributed by atoms with E-state index in [0.717, 1.165) is 18.0 Å². The Morgan fingerprint density at radius 1 is 1.47 bits per heavy atom. The third kappa shape index (κ3) is 2.71. The van der Waals surface area contributed by atoms with Crippen LogP contribution in [0.25, 0.3) is 0 Å². The van der Waals surface area contributed by atoms with Gasteiger partial charge >= 0.3 is 0 Å². The SMILES string of the molecule is CCn1c(COc2cccc(Cl)c2)cnc1N. The molecule has 17 heavy (non-hydrogen) atoms. The lowest BCUT2D eigenvalue weighted by Crippen LogP contribution is -2.07. The van der Waals surface area contributed by atoms with Crippen LogP contribution in [-0.4, -0.2) is 9.55 Å². The van der Waals surface area contributed by atoms with Gasteiger partial charge in [-0.3, -0.25) is 0 Å². The number of rotatable bonds is 4. The third-order valence-electron chi connectivity index (χ3n) is 2.47. The highest BCUT2D eigenvalue weighted by atomic mass is 35.5. The molecule has 0 radical (unpaired) electrons. The van der Waals surface area contributed by atoms with Crippen molar-refractivity contribution in [3.8, 4) is 5.75 Å². The van der Waals surface area contributed by atoms with Crippen LogP contribution in [0.5, 0.6) is 5.75 Å². The van der Waals surface area contributed by atoms with Crippen molar-refractivity contribution in [2.24, 2.45) is 0 Å². The standard InChI is InChI=1S/C12H14ClN3O/c1-2-16-10(7-15-12(16)14)8-17-11-5-3-4-9(13)6-11/h3-7H,2,8H2,1H3,(H2,14,15). The summed E-state index contributed by atoms with van der Waals surface area (Å²) in [6.45, 7) is 3.22. The van der Waals surface area contributed by atoms with Crippen LogP contribution < -0.4 is 10.5 Å². The van der Waals surface area contributed by atoms with Gasteiger partial charge in [-0.05, 0) is 25.1 Å². The van der Waals surface area contributed by atoms with Crippen LogP contribution in [0.15, 0.2) is 30.5 Å². The van der Waals surface area contributed by atoms with Crippen LogP contribution in [0.4, 0.5) is 5.95 Å². The zero-order chi connectivity index (χ0) is 12.3. The molecule has 1 heterocycles. The predicted octanol–water partition coefficient (Wildman–Crippen LogP) is 2.72. The number of aromatic nitrogens is 2. The van der Waals surface area contributed by atoms with Gasteiger partial charge in [-0.2, -0.15) is 0 Å². The zero-order valence-electron chi connectivity index (χ0n) is 9.56. The fourth-order valence-electron chi connectivity index (χ4n) is 1.62. The summed E-state index contributed by atoms with van der Waals surface area (Å²) in [5, 5.41) is 0.658. The second kappa shape index (κ2) is 5.10. The molecule has 0 aliphatic heterocycles. The summed E-state index contributed by atoms with van der Waals surface area (Å²) < 4.78 is 7.54. The van der Waals surface area contributed by atoms with E-state index in [1.807, 2.05) is 29.7 Å². The van der Waals surface area contributed by atoms with Gasteiger partial charge in [0.1, 0.15) is 12.4 Å². The smallest absolute Gasteiger partial charge is 0.200 e. The molecule has 0 bridgehead atoms. The normalized spacial score (nSPS) is 10.5. The summed E-state index contributed by atoms with van der Waals surface area (Å²) in [6, 6.07) is 7.30. The number of nitrogen functional groups attached to an aromatic ring is 1. The second-order valence-corrected chi connectivity index (χ2v) is 4.03. The molecule has 0 unspecified atom stereocenters. The molecule has 0 aliphatic rings. The van der Waals surface area contributed by atoms with E-state index >= 15 is 0 Å². The van der Waals surface area contributed by atoms with Crippen molar-refractivity contribution in [3.63, 3.8) is 0 Å². The Bertz CT molecular complexity index is 510. The van der Waals surface area contributed by atoms with E-state index in [1.54, 1.807) is 12.3 Å². The van der Waals surface area contributed by atoms with E-state index in [4.69, 9.17) is 22.1 Å². The highest BCUT2D eigenvalue weighted by molar-refractivity contribution is 6.30. The first kappa shape index (κ1) is 11.8. The third-order valence-corrected chi connectivity index (χ3v) is 2.70. The number of nitrogens with zero attached hydrogens (tertiary/aromatic N) is 2. The average Bonchev–Trinajstić information content (AvgIpc) is 2.67. The number of hydrogen-bond donors (Lipinski definition) is 1. The maximum Gasteiger partial charge on any atom is 0.200 e. The Balaban J connectivity index is 2.07. The molecule has 1 aromatic carbocycles. The Hall–Kier alpha value is -1.68. The van der Waals surface area contributed by atoms with Crippen LogP contribution in [-0.2, 0) is 13.2 Å². The summed E-state index contributed by atoms with van der Waals surface area (Å²) in [7, 11) is 0. The van der Waals surface area contributed by atoms with Gasteiger partial charge in [0.2, 0.25) is 0 Å². The van der Waals surface area contributed by atoms with Crippen LogP contribution in [0.2, 0.25) is 5.02 Å². The van der Waals surface area contributed by atoms with E-state index in [1.165, 1.54) is 0 Å². The van der Waals surface area contributed by atoms with Crippen molar-refractivity contribution < 1.29 is 4.74 Å². The maximum absolute atomic E-state index is 5.87. The van der Waals surface area contributed by atoms with Gasteiger partial charge in [0.15, 0.2) is 5.95 Å². The van der Waals surface area contributed by atoms with Gasteiger partial charge in [-0.15, -0.1) is 0 Å². The first-order valence-corrected chi connectivity index (χ1v) is 5.76. The molecule has 2 rings (SSSR count). The molecule has 2 N–H and O–H groups in total. The molecule has 2 aromatic rings. The van der Waals surface area contributed by atoms with E-state index in [-0.39, 0.29) is 0 Å². The molecule has 1 aromatic heterocycles. The molecule has 0 aliphatic carbocycles. The minimum absolute atomic E-state index is 0.429. The lowest BCUT2D eigenvalue weighted by Gasteiger charge is -2.09. The van der Waals surface area contributed by atoms with Gasteiger partial charge < -0.3 is 15.0 Å². The fourth-order valence-corrected chi connectivity index (χ4v) is 1.80. The molecular weight excluding hydrogens is 238 g/mol. The van der Waals surface area contributed by atoms with Crippen molar-refractivity contribution in [1.82, 2.24) is 9.55 Å². The number of benzene rings is 1. The fraction of sp³-hybridized carbons (Fsp3) is 0.250. The average molecular weight is 252 g/mol. The summed E-state index contributed by atoms with van der Waals surface area (Å²) >= 11 is 5.87. The van der Waals surface area contributed by atoms with Crippen molar-refractivity contribution in [3.05, 3.63) is 41.2 Å². The summed E-state index contributed by atoms with van der Waals surface area (Å²) in [6.07, 6.45) is 1.73. The largest absolute Gasteiger partial charge is 0.487 e. The number of imidazole rings is 1. The Kier molecular flexibility index (Phi) is 3.54. The summed E-state index contributed by atoms with van der Waals surface area (Å²) in [4.78, 5) is 4.05. The predicted molar refractivity (Wildman–Crippen MR) is 68.1 cm³/mol. The molecule has 0 spiro atoms. The van der Waals surface area contributed by atoms with Crippen molar-refractivity contribution >= 4 is 17.5 Å². The Labute approximate surface area is 105 Å². The first-order valence-electron chi connectivity index (χ1n) is 5.39. The topological polar surface area (TPSA) is 53.1 Å². The van der Waals surface area contributed by atoms with E-state index in [0.29, 0.717) is 17.6 Å². The molecule has 0 fully saturated rings. The molecule has 0 amide bonds. The van der Waals surface area contributed by atoms with Crippen LogP contribution in [0.3, 0.4) is 0 Å². The quantitative estimate of drug-likeness (QED) is 0.909. The lowest BCUT2D eigenvalue weighted by molar-refractivity contribution is 0.295. The van der Waals surface area contributed by atoms with Crippen LogP contribution >= 0.6 is 11.6 Å². The van der Waals surface area contributed by atoms with Crippen LogP contribution in [0.1, 0.15) is 12.6 Å². The number of ether oxygens (including phenoxy) is 1. The number of nitrogens with two attached hydrogens (primary N) is 1. The van der Waals surface area contributed by atoms with Crippen molar-refractivity contribution in [2.75, 3.05) is 5.73 Å². The van der Waals surface area contributed by atoms with Gasteiger partial charge in [0, 0.05) is 11.6 Å². The van der Waals surface area contributed by atoms with E-state index in [2.05, 4.69) is 4.98 Å². The Morgan fingerprint density at radius 2 is 2.29 bits per heavy atom. The molecule has 5 heteroatoms. The lowest BCUT2D eigenvalue weighted by atomic mass is 10.3. The zero-order valence-corrected chi connectivity index (χ0v) is 10.3. The highest BCUT2D eigenvalue weighted by Crippen LogP contribution is 2.18. The molecule has 0 atom stereocenters. The van der Waals surface area contributed by atoms with E-state index in [9.17, 15) is 0 Å². The van der Waals surface area contributed by atoms with E-state index < -0.39 is 0 Å². The molecule has 90 valence electrons. The summed E-state index contributed by atoms with van der Waals surface area (Å²) in [5.41, 5.74) is 6.67. The first-order chi connectivity index (χ1) is 8.20. The minimum Gasteiger partial charge on any atom is -0.487 e. The highest BCUT2D eigenvalue weighted by Gasteiger charge is 2.06. The van der Waals surface area contributed by atoms with Crippen molar-refractivity contribution in [2.45, 2.75) is 20.1 Å². The number of anilines is 1. The van der Waals surface area contributed by atoms with Crippen molar-refractivity contribution in [1.29, 1.82) is 0 Å². The Morgan fingerprint density at radius 3 is 3.00 bits per heavy atom. The molecule has 4 nitrogen and oxygen atoms in total. The number of halogens is 1. The summed E-state index contributed by atoms with van der Waals surface area (Å²) in [5.74, 6) is 1.25. The minimum atomic E-state index is 0.429. The molecule has 0 saturated heterocycles. The van der Waals surface area contributed by atoms with Gasteiger partial charge in [-0.1, -0.05) is 17.7 Å². The maximum atomic E-state index is 5.87. The molecular formula is C12H14ClN3O. The van der Waals surface area contributed by atoms with Gasteiger partial charge in [-0.25, -0.2) is 4.98 Å². The number of hydrogen-bond acceptors (Lipinski definition) is 3. The van der Waals surface area contributed by atoms with Gasteiger partial charge in [0.25, 0.3) is 0 Å². The van der Waals surface area contributed by atoms with Crippen LogP contribution in [0, 0.1) is 0 Å². The monoisotopic (exact) mass is 251 g/mol. The van der Waals surface area contributed by atoms with Gasteiger partial charge in [0.05, 0.1) is 11.9 Å².